The summed E-state index contributed by atoms with van der Waals surface area (Å²) in [4.78, 5) is 60.1. The van der Waals surface area contributed by atoms with Crippen LogP contribution in [0.5, 0.6) is 5.75 Å². The van der Waals surface area contributed by atoms with Crippen molar-refractivity contribution in [1.29, 1.82) is 0 Å². The van der Waals surface area contributed by atoms with Gasteiger partial charge in [0.1, 0.15) is 17.5 Å². The molecule has 8 nitrogen and oxygen atoms in total. The van der Waals surface area contributed by atoms with Crippen molar-refractivity contribution in [2.45, 2.75) is 19.8 Å². The Morgan fingerprint density at radius 3 is 2.30 bits per heavy atom. The molecule has 0 spiro atoms. The quantitative estimate of drug-likeness (QED) is 0.404. The molecule has 0 amide bonds. The van der Waals surface area contributed by atoms with Gasteiger partial charge >= 0.3 is 17.9 Å². The zero-order chi connectivity index (χ0) is 22.0. The van der Waals surface area contributed by atoms with Gasteiger partial charge < -0.3 is 19.7 Å². The standard InChI is InChI=1S/C22H18O8/c1-11(23)8-13(9-12-6-7-14(20(25)26)16(10-12)21(27)28)18-19(24)15-4-2-3-5-17(15)30-22(18)29/h2-7,10,13,18H,8-9H2,1H3,(H,25,26)(H,27,28). The third-order valence-corrected chi connectivity index (χ3v) is 4.96. The van der Waals surface area contributed by atoms with Crippen LogP contribution in [-0.4, -0.2) is 39.7 Å². The van der Waals surface area contributed by atoms with E-state index in [4.69, 9.17) is 9.84 Å². The van der Waals surface area contributed by atoms with E-state index in [1.807, 2.05) is 0 Å². The molecule has 2 atom stereocenters. The largest absolute Gasteiger partial charge is 0.478 e. The second kappa shape index (κ2) is 8.28. The minimum atomic E-state index is -1.42. The first-order chi connectivity index (χ1) is 14.2. The summed E-state index contributed by atoms with van der Waals surface area (Å²) >= 11 is 0. The zero-order valence-electron chi connectivity index (χ0n) is 16.0. The zero-order valence-corrected chi connectivity index (χ0v) is 16.0. The molecule has 2 aromatic carbocycles. The molecule has 2 unspecified atom stereocenters. The number of Topliss-reactive ketones (excluding diaryl/α,β-unsaturated/α-hetero) is 2. The van der Waals surface area contributed by atoms with Crippen molar-refractivity contribution in [2.24, 2.45) is 11.8 Å². The van der Waals surface area contributed by atoms with Crippen LogP contribution in [-0.2, 0) is 16.0 Å². The summed E-state index contributed by atoms with van der Waals surface area (Å²) in [6.07, 6.45) is -0.0792. The van der Waals surface area contributed by atoms with E-state index < -0.39 is 41.1 Å². The highest BCUT2D eigenvalue weighted by Crippen LogP contribution is 2.34. The Kier molecular flexibility index (Phi) is 5.77. The van der Waals surface area contributed by atoms with Crippen LogP contribution in [0.1, 0.15) is 50.0 Å². The van der Waals surface area contributed by atoms with Crippen LogP contribution in [0, 0.1) is 11.8 Å². The minimum absolute atomic E-state index is 0.0213. The summed E-state index contributed by atoms with van der Waals surface area (Å²) < 4.78 is 5.28. The number of carbonyl (C=O) groups is 5. The Balaban J connectivity index is 1.98. The maximum absolute atomic E-state index is 13.0. The fourth-order valence-corrected chi connectivity index (χ4v) is 3.67. The number of carboxylic acid groups (broad SMARTS) is 2. The van der Waals surface area contributed by atoms with Gasteiger partial charge in [0.05, 0.1) is 16.7 Å². The number of benzene rings is 2. The highest BCUT2D eigenvalue weighted by molar-refractivity contribution is 6.13. The lowest BCUT2D eigenvalue weighted by Crippen LogP contribution is -2.40. The molecule has 0 bridgehead atoms. The van der Waals surface area contributed by atoms with E-state index in [-0.39, 0.29) is 35.5 Å². The predicted molar refractivity (Wildman–Crippen MR) is 103 cm³/mol. The first-order valence-corrected chi connectivity index (χ1v) is 9.13. The van der Waals surface area contributed by atoms with Gasteiger partial charge in [0, 0.05) is 6.42 Å². The number of esters is 1. The van der Waals surface area contributed by atoms with E-state index in [2.05, 4.69) is 0 Å². The van der Waals surface area contributed by atoms with Crippen LogP contribution in [0.2, 0.25) is 0 Å². The summed E-state index contributed by atoms with van der Waals surface area (Å²) in [6.45, 7) is 1.33. The number of aromatic carboxylic acids is 2. The highest BCUT2D eigenvalue weighted by Gasteiger charge is 2.42. The fourth-order valence-electron chi connectivity index (χ4n) is 3.67. The van der Waals surface area contributed by atoms with Gasteiger partial charge in [-0.3, -0.25) is 9.59 Å². The normalized spacial score (nSPS) is 16.4. The predicted octanol–water partition coefficient (Wildman–Crippen LogP) is 2.64. The molecule has 0 aromatic heterocycles. The molecular formula is C22H18O8. The smallest absolute Gasteiger partial charge is 0.336 e. The third kappa shape index (κ3) is 4.12. The van der Waals surface area contributed by atoms with E-state index in [9.17, 15) is 29.1 Å². The molecule has 0 saturated carbocycles. The average Bonchev–Trinajstić information content (AvgIpc) is 2.67. The van der Waals surface area contributed by atoms with Crippen LogP contribution in [0.25, 0.3) is 0 Å². The lowest BCUT2D eigenvalue weighted by molar-refractivity contribution is -0.139. The molecule has 3 rings (SSSR count). The Morgan fingerprint density at radius 2 is 1.67 bits per heavy atom. The number of rotatable bonds is 7. The number of hydrogen-bond donors (Lipinski definition) is 2. The van der Waals surface area contributed by atoms with Crippen LogP contribution in [0.15, 0.2) is 42.5 Å². The van der Waals surface area contributed by atoms with Crippen molar-refractivity contribution < 1.29 is 38.9 Å². The Hall–Kier alpha value is -3.81. The van der Waals surface area contributed by atoms with Crippen molar-refractivity contribution in [3.8, 4) is 5.75 Å². The Bertz CT molecular complexity index is 1070. The summed E-state index contributed by atoms with van der Waals surface area (Å²) in [6, 6.07) is 10.1. The maximum atomic E-state index is 13.0. The van der Waals surface area contributed by atoms with Crippen LogP contribution in [0.4, 0.5) is 0 Å². The summed E-state index contributed by atoms with van der Waals surface area (Å²) in [5, 5.41) is 18.5. The van der Waals surface area contributed by atoms with Gasteiger partial charge in [0.25, 0.3) is 0 Å². The SMILES string of the molecule is CC(=O)CC(Cc1ccc(C(=O)O)c(C(=O)O)c1)C1C(=O)Oc2ccccc2C1=O. The molecule has 8 heteroatoms. The molecule has 2 N–H and O–H groups in total. The molecule has 154 valence electrons. The summed E-state index contributed by atoms with van der Waals surface area (Å²) in [5.41, 5.74) is -0.160. The first kappa shape index (κ1) is 20.9. The number of carbonyl (C=O) groups excluding carboxylic acids is 3. The fraction of sp³-hybridized carbons (Fsp3) is 0.227. The molecule has 0 radical (unpaired) electrons. The first-order valence-electron chi connectivity index (χ1n) is 9.13. The number of fused-ring (bicyclic) bond motifs is 1. The second-order valence-corrected chi connectivity index (χ2v) is 7.12. The number of hydrogen-bond acceptors (Lipinski definition) is 6. The Labute approximate surface area is 171 Å². The molecule has 0 fully saturated rings. The number of ether oxygens (including phenoxy) is 1. The van der Waals surface area contributed by atoms with Crippen molar-refractivity contribution in [3.63, 3.8) is 0 Å². The second-order valence-electron chi connectivity index (χ2n) is 7.12. The molecule has 1 heterocycles. The third-order valence-electron chi connectivity index (χ3n) is 4.96. The van der Waals surface area contributed by atoms with Gasteiger partial charge in [-0.25, -0.2) is 9.59 Å². The van der Waals surface area contributed by atoms with E-state index in [1.54, 1.807) is 12.1 Å². The molecule has 0 aliphatic carbocycles. The van der Waals surface area contributed by atoms with Gasteiger partial charge in [-0.1, -0.05) is 18.2 Å². The van der Waals surface area contributed by atoms with Crippen molar-refractivity contribution in [1.82, 2.24) is 0 Å². The molecule has 1 aliphatic rings. The monoisotopic (exact) mass is 410 g/mol. The lowest BCUT2D eigenvalue weighted by atomic mass is 9.78. The Morgan fingerprint density at radius 1 is 1.00 bits per heavy atom. The van der Waals surface area contributed by atoms with Crippen LogP contribution in [0.3, 0.4) is 0 Å². The maximum Gasteiger partial charge on any atom is 0.336 e. The van der Waals surface area contributed by atoms with Crippen LogP contribution >= 0.6 is 0 Å². The van der Waals surface area contributed by atoms with Gasteiger partial charge in [-0.15, -0.1) is 0 Å². The number of para-hydroxylation sites is 1. The highest BCUT2D eigenvalue weighted by atomic mass is 16.5. The van der Waals surface area contributed by atoms with Gasteiger partial charge in [-0.2, -0.15) is 0 Å². The lowest BCUT2D eigenvalue weighted by Gasteiger charge is -2.28. The molecule has 1 aliphatic heterocycles. The summed E-state index contributed by atoms with van der Waals surface area (Å²) in [5.74, 6) is -6.13. The molecule has 30 heavy (non-hydrogen) atoms. The number of ketones is 2. The van der Waals surface area contributed by atoms with E-state index in [1.165, 1.54) is 31.2 Å². The summed E-state index contributed by atoms with van der Waals surface area (Å²) in [7, 11) is 0. The van der Waals surface area contributed by atoms with Gasteiger partial charge in [0.2, 0.25) is 0 Å². The van der Waals surface area contributed by atoms with E-state index >= 15 is 0 Å². The topological polar surface area (TPSA) is 135 Å². The van der Waals surface area contributed by atoms with Crippen molar-refractivity contribution in [3.05, 3.63) is 64.7 Å². The van der Waals surface area contributed by atoms with E-state index in [0.717, 1.165) is 6.07 Å². The van der Waals surface area contributed by atoms with Crippen LogP contribution < -0.4 is 4.74 Å². The molecular weight excluding hydrogens is 392 g/mol. The van der Waals surface area contributed by atoms with Crippen molar-refractivity contribution in [2.75, 3.05) is 0 Å². The minimum Gasteiger partial charge on any atom is -0.478 e. The molecule has 2 aromatic rings. The van der Waals surface area contributed by atoms with E-state index in [0.29, 0.717) is 5.56 Å². The molecule has 0 saturated heterocycles. The van der Waals surface area contributed by atoms with Crippen molar-refractivity contribution >= 4 is 29.5 Å². The van der Waals surface area contributed by atoms with Gasteiger partial charge in [0.15, 0.2) is 5.78 Å². The van der Waals surface area contributed by atoms with Gasteiger partial charge in [-0.05, 0) is 49.1 Å². The number of carboxylic acids is 2. The average molecular weight is 410 g/mol.